The van der Waals surface area contributed by atoms with Crippen LogP contribution < -0.4 is 4.57 Å². The third-order valence-electron chi connectivity index (χ3n) is 8.67. The first kappa shape index (κ1) is 24.4. The van der Waals surface area contributed by atoms with Crippen LogP contribution in [0.5, 0.6) is 0 Å². The fourth-order valence-corrected chi connectivity index (χ4v) is 6.54. The van der Waals surface area contributed by atoms with Gasteiger partial charge in [-0.25, -0.2) is 4.57 Å². The van der Waals surface area contributed by atoms with Crippen LogP contribution >= 0.6 is 0 Å². The lowest BCUT2D eigenvalue weighted by Gasteiger charge is -2.12. The molecule has 2 heterocycles. The van der Waals surface area contributed by atoms with E-state index in [9.17, 15) is 5.26 Å². The quantitative estimate of drug-likeness (QED) is 0.218. The molecule has 1 aliphatic carbocycles. The largest absolute Gasteiger partial charge is 0.454 e. The molecule has 194 valence electrons. The Hall–Kier alpha value is -4.68. The number of aromatic nitrogens is 1. The van der Waals surface area contributed by atoms with Gasteiger partial charge >= 0.3 is 0 Å². The molecule has 1 aliphatic rings. The van der Waals surface area contributed by atoms with E-state index >= 15 is 0 Å². The smallest absolute Gasteiger partial charge is 0.216 e. The Morgan fingerprint density at radius 1 is 0.750 bits per heavy atom. The zero-order valence-electron chi connectivity index (χ0n) is 22.9. The lowest BCUT2D eigenvalue weighted by molar-refractivity contribution is -0.660. The molecule has 0 amide bonds. The fraction of sp³-hybridized carbons (Fsp3) is 0.189. The number of pyridine rings is 1. The van der Waals surface area contributed by atoms with Gasteiger partial charge in [0.2, 0.25) is 5.69 Å². The summed E-state index contributed by atoms with van der Waals surface area (Å²) in [7, 11) is 2.06. The lowest BCUT2D eigenvalue weighted by Crippen LogP contribution is -2.30. The van der Waals surface area contributed by atoms with Gasteiger partial charge in [-0.15, -0.1) is 0 Å². The minimum atomic E-state index is 0.617. The first-order chi connectivity index (χ1) is 19.6. The van der Waals surface area contributed by atoms with Crippen molar-refractivity contribution in [2.75, 3.05) is 0 Å². The molecule has 0 atom stereocenters. The van der Waals surface area contributed by atoms with E-state index in [-0.39, 0.29) is 0 Å². The van der Waals surface area contributed by atoms with Crippen LogP contribution in [0.4, 0.5) is 0 Å². The lowest BCUT2D eigenvalue weighted by atomic mass is 9.92. The highest BCUT2D eigenvalue weighted by molar-refractivity contribution is 6.14. The summed E-state index contributed by atoms with van der Waals surface area (Å²) in [4.78, 5) is 0. The Morgan fingerprint density at radius 2 is 1.48 bits per heavy atom. The number of hydrogen-bond donors (Lipinski definition) is 0. The van der Waals surface area contributed by atoms with Crippen molar-refractivity contribution in [1.82, 2.24) is 0 Å². The number of fused-ring (bicyclic) bond motifs is 3. The highest BCUT2D eigenvalue weighted by atomic mass is 16.3. The van der Waals surface area contributed by atoms with Crippen molar-refractivity contribution in [2.24, 2.45) is 7.05 Å². The maximum Gasteiger partial charge on any atom is 0.216 e. The highest BCUT2D eigenvalue weighted by Crippen LogP contribution is 2.42. The number of rotatable bonds is 4. The molecule has 1 fully saturated rings. The van der Waals surface area contributed by atoms with Crippen LogP contribution in [-0.4, -0.2) is 0 Å². The molecule has 0 aliphatic heterocycles. The number of hydrogen-bond acceptors (Lipinski definition) is 2. The van der Waals surface area contributed by atoms with Crippen molar-refractivity contribution in [1.29, 1.82) is 5.26 Å². The summed E-state index contributed by atoms with van der Waals surface area (Å²) in [5.41, 5.74) is 11.3. The Balaban J connectivity index is 1.37. The molecule has 2 aromatic heterocycles. The molecule has 0 unspecified atom stereocenters. The monoisotopic (exact) mass is 519 g/mol. The fourth-order valence-electron chi connectivity index (χ4n) is 6.54. The normalized spacial score (nSPS) is 13.7. The summed E-state index contributed by atoms with van der Waals surface area (Å²) in [5, 5.41) is 12.2. The Kier molecular flexibility index (Phi) is 5.98. The summed E-state index contributed by atoms with van der Waals surface area (Å²) in [6.07, 6.45) is 7.32. The maximum absolute atomic E-state index is 10.1. The highest BCUT2D eigenvalue weighted by Gasteiger charge is 2.23. The third-order valence-corrected chi connectivity index (χ3v) is 8.67. The number of benzene rings is 4. The molecule has 0 spiro atoms. The summed E-state index contributed by atoms with van der Waals surface area (Å²) in [5.74, 6) is 0.690. The molecule has 0 radical (unpaired) electrons. The van der Waals surface area contributed by atoms with E-state index in [0.717, 1.165) is 49.9 Å². The second-order valence-corrected chi connectivity index (χ2v) is 11.1. The molecule has 4 aromatic carbocycles. The predicted octanol–water partition coefficient (Wildman–Crippen LogP) is 9.25. The van der Waals surface area contributed by atoms with Gasteiger partial charge in [-0.3, -0.25) is 0 Å². The van der Waals surface area contributed by atoms with E-state index in [1.165, 1.54) is 42.4 Å². The van der Waals surface area contributed by atoms with E-state index in [4.69, 9.17) is 4.42 Å². The Morgan fingerprint density at radius 3 is 2.23 bits per heavy atom. The topological polar surface area (TPSA) is 40.8 Å². The second kappa shape index (κ2) is 9.81. The zero-order chi connectivity index (χ0) is 27.2. The van der Waals surface area contributed by atoms with Gasteiger partial charge in [0.25, 0.3) is 0 Å². The second-order valence-electron chi connectivity index (χ2n) is 11.1. The first-order valence-corrected chi connectivity index (χ1v) is 14.2. The minimum Gasteiger partial charge on any atom is -0.454 e. The van der Waals surface area contributed by atoms with Crippen molar-refractivity contribution >= 4 is 21.9 Å². The van der Waals surface area contributed by atoms with Gasteiger partial charge in [0, 0.05) is 28.5 Å². The van der Waals surface area contributed by atoms with E-state index in [1.807, 2.05) is 18.2 Å². The van der Waals surface area contributed by atoms with Crippen LogP contribution in [0.2, 0.25) is 0 Å². The van der Waals surface area contributed by atoms with Gasteiger partial charge in [0.15, 0.2) is 6.20 Å². The molecule has 0 N–H and O–H groups in total. The SMILES string of the molecule is Cc1ccc2c(oc3c(-c4ccc(-c5cccc(C6CCCC6)c5)cc4)c(C#N)ccc32)c1-c1cccc[n+]1C. The van der Waals surface area contributed by atoms with Gasteiger partial charge < -0.3 is 4.42 Å². The molecule has 40 heavy (non-hydrogen) atoms. The first-order valence-electron chi connectivity index (χ1n) is 14.2. The van der Waals surface area contributed by atoms with Crippen LogP contribution in [0.3, 0.4) is 0 Å². The zero-order valence-corrected chi connectivity index (χ0v) is 22.9. The summed E-state index contributed by atoms with van der Waals surface area (Å²) >= 11 is 0. The number of furan rings is 1. The number of nitrogens with zero attached hydrogens (tertiary/aromatic N) is 2. The molecular weight excluding hydrogens is 488 g/mol. The molecule has 6 aromatic rings. The molecule has 1 saturated carbocycles. The van der Waals surface area contributed by atoms with Gasteiger partial charge in [-0.2, -0.15) is 5.26 Å². The van der Waals surface area contributed by atoms with E-state index < -0.39 is 0 Å². The minimum absolute atomic E-state index is 0.617. The van der Waals surface area contributed by atoms with Gasteiger partial charge in [0.1, 0.15) is 18.2 Å². The van der Waals surface area contributed by atoms with Crippen LogP contribution in [0.1, 0.15) is 48.3 Å². The third kappa shape index (κ3) is 4.00. The average Bonchev–Trinajstić information content (AvgIpc) is 3.66. The van der Waals surface area contributed by atoms with Crippen LogP contribution in [-0.2, 0) is 7.05 Å². The number of nitriles is 1. The standard InChI is InChI=1S/C37H31N2O/c1-24-13-19-31-32-20-18-30(23-38)35(37(32)40-36(31)34(24)33-12-5-6-21-39(33)2)27-16-14-26(15-17-27)29-11-7-10-28(22-29)25-8-3-4-9-25/h5-7,10-22,25H,3-4,8-9H2,1-2H3/q+1. The molecule has 0 bridgehead atoms. The van der Waals surface area contributed by atoms with E-state index in [1.54, 1.807) is 0 Å². The molecular formula is C37H31N2O+. The molecule has 7 rings (SSSR count). The number of aryl methyl sites for hydroxylation is 2. The maximum atomic E-state index is 10.1. The average molecular weight is 520 g/mol. The summed E-state index contributed by atoms with van der Waals surface area (Å²) in [6, 6.07) is 34.5. The van der Waals surface area contributed by atoms with E-state index in [2.05, 4.69) is 104 Å². The van der Waals surface area contributed by atoms with E-state index in [0.29, 0.717) is 11.5 Å². The Bertz CT molecular complexity index is 1930. The van der Waals surface area contributed by atoms with Crippen LogP contribution in [0.15, 0.2) is 102 Å². The molecule has 3 heteroatoms. The van der Waals surface area contributed by atoms with Crippen molar-refractivity contribution in [2.45, 2.75) is 38.5 Å². The van der Waals surface area contributed by atoms with Crippen molar-refractivity contribution in [3.8, 4) is 39.6 Å². The van der Waals surface area contributed by atoms with Crippen molar-refractivity contribution in [3.63, 3.8) is 0 Å². The Labute approximate surface area is 234 Å². The van der Waals surface area contributed by atoms with Crippen molar-refractivity contribution < 1.29 is 8.98 Å². The van der Waals surface area contributed by atoms with Gasteiger partial charge in [-0.05, 0) is 71.7 Å². The molecule has 0 saturated heterocycles. The van der Waals surface area contributed by atoms with Crippen LogP contribution in [0, 0.1) is 18.3 Å². The predicted molar refractivity (Wildman–Crippen MR) is 162 cm³/mol. The van der Waals surface area contributed by atoms with Gasteiger partial charge in [0.05, 0.1) is 17.2 Å². The summed E-state index contributed by atoms with van der Waals surface area (Å²) < 4.78 is 8.85. The van der Waals surface area contributed by atoms with Crippen LogP contribution in [0.25, 0.3) is 55.4 Å². The molecule has 3 nitrogen and oxygen atoms in total. The summed E-state index contributed by atoms with van der Waals surface area (Å²) in [6.45, 7) is 2.12. The van der Waals surface area contributed by atoms with Crippen molar-refractivity contribution in [3.05, 3.63) is 114 Å². The van der Waals surface area contributed by atoms with Gasteiger partial charge in [-0.1, -0.05) is 73.5 Å².